The highest BCUT2D eigenvalue weighted by molar-refractivity contribution is 6.10. The molecule has 2 atom stereocenters. The number of ketones is 1. The second-order valence-electron chi connectivity index (χ2n) is 6.06. The Bertz CT molecular complexity index is 795. The molecule has 1 aliphatic heterocycles. The van der Waals surface area contributed by atoms with Gasteiger partial charge in [0, 0.05) is 29.9 Å². The Morgan fingerprint density at radius 1 is 1.35 bits per heavy atom. The number of para-hydroxylation sites is 1. The van der Waals surface area contributed by atoms with Crippen LogP contribution < -0.4 is 5.32 Å². The first-order valence-corrected chi connectivity index (χ1v) is 7.43. The number of hydrogen-bond acceptors (Lipinski definition) is 4. The van der Waals surface area contributed by atoms with Crippen molar-refractivity contribution < 1.29 is 19.1 Å². The maximum atomic E-state index is 12.4. The van der Waals surface area contributed by atoms with Crippen LogP contribution in [-0.4, -0.2) is 35.8 Å². The van der Waals surface area contributed by atoms with Gasteiger partial charge >= 0.3 is 5.97 Å². The quantitative estimate of drug-likeness (QED) is 0.661. The van der Waals surface area contributed by atoms with Crippen molar-refractivity contribution in [3.8, 4) is 0 Å². The first-order valence-electron chi connectivity index (χ1n) is 7.43. The van der Waals surface area contributed by atoms with Crippen LogP contribution >= 0.6 is 0 Å². The Morgan fingerprint density at radius 2 is 2.09 bits per heavy atom. The smallest absolute Gasteiger partial charge is 0.321 e. The van der Waals surface area contributed by atoms with Crippen LogP contribution in [0.4, 0.5) is 0 Å². The summed E-state index contributed by atoms with van der Waals surface area (Å²) in [7, 11) is 1.21. The second-order valence-corrected chi connectivity index (χ2v) is 6.06. The molecule has 0 radical (unpaired) electrons. The van der Waals surface area contributed by atoms with Crippen molar-refractivity contribution in [2.45, 2.75) is 25.8 Å². The van der Waals surface area contributed by atoms with Crippen LogP contribution in [0.3, 0.4) is 0 Å². The third-order valence-corrected chi connectivity index (χ3v) is 4.46. The highest BCUT2D eigenvalue weighted by atomic mass is 16.5. The summed E-state index contributed by atoms with van der Waals surface area (Å²) in [4.78, 5) is 39.6. The van der Waals surface area contributed by atoms with Crippen LogP contribution in [-0.2, 0) is 25.5 Å². The van der Waals surface area contributed by atoms with Gasteiger partial charge in [0.15, 0.2) is 11.2 Å². The summed E-state index contributed by atoms with van der Waals surface area (Å²) >= 11 is 0. The van der Waals surface area contributed by atoms with Gasteiger partial charge in [-0.3, -0.25) is 14.4 Å². The number of ether oxygens (including phenoxy) is 1. The van der Waals surface area contributed by atoms with Gasteiger partial charge in [-0.05, 0) is 18.6 Å². The maximum Gasteiger partial charge on any atom is 0.321 e. The molecule has 120 valence electrons. The zero-order chi connectivity index (χ0) is 16.6. The molecule has 6 heteroatoms. The Labute approximate surface area is 133 Å². The average molecular weight is 314 g/mol. The number of Topliss-reactive ketones (excluding diaryl/α,β-unsaturated/α-hetero) is 1. The Balaban J connectivity index is 1.82. The molecule has 1 aromatic heterocycles. The fourth-order valence-electron chi connectivity index (χ4n) is 3.03. The summed E-state index contributed by atoms with van der Waals surface area (Å²) in [6.45, 7) is 1.44. The van der Waals surface area contributed by atoms with Crippen LogP contribution in [0.2, 0.25) is 0 Å². The number of H-pyrrole nitrogens is 1. The number of aromatic nitrogens is 1. The number of fused-ring (bicyclic) bond motifs is 1. The van der Waals surface area contributed by atoms with Crippen LogP contribution in [0.15, 0.2) is 30.5 Å². The number of nitrogens with one attached hydrogen (secondary N) is 2. The van der Waals surface area contributed by atoms with E-state index in [0.29, 0.717) is 6.42 Å². The van der Waals surface area contributed by atoms with E-state index in [2.05, 4.69) is 15.0 Å². The molecule has 1 aliphatic rings. The topological polar surface area (TPSA) is 88.3 Å². The average Bonchev–Trinajstić information content (AvgIpc) is 2.95. The standard InChI is InChI=1S/C17H18N2O4/c1-17(16(22)23-2)8-14(20)13(19-15(17)21)7-10-9-18-12-6-4-3-5-11(10)12/h3-6,9,13,18H,7-8H2,1-2H3,(H,19,21)/t13-,17-/m0/s1. The van der Waals surface area contributed by atoms with Crippen LogP contribution in [0, 0.1) is 5.41 Å². The molecular weight excluding hydrogens is 296 g/mol. The van der Waals surface area contributed by atoms with Gasteiger partial charge in [-0.2, -0.15) is 0 Å². The molecule has 1 saturated heterocycles. The number of carbonyl (C=O) groups excluding carboxylic acids is 3. The van der Waals surface area contributed by atoms with E-state index in [-0.39, 0.29) is 12.2 Å². The van der Waals surface area contributed by atoms with Gasteiger partial charge < -0.3 is 15.0 Å². The summed E-state index contributed by atoms with van der Waals surface area (Å²) in [5, 5.41) is 3.70. The molecule has 0 unspecified atom stereocenters. The SMILES string of the molecule is COC(=O)[C@@]1(C)CC(=O)[C@H](Cc2c[nH]c3ccccc23)NC1=O. The van der Waals surface area contributed by atoms with Gasteiger partial charge in [0.25, 0.3) is 0 Å². The van der Waals surface area contributed by atoms with E-state index in [1.165, 1.54) is 14.0 Å². The number of esters is 1. The largest absolute Gasteiger partial charge is 0.468 e. The van der Waals surface area contributed by atoms with Crippen LogP contribution in [0.25, 0.3) is 10.9 Å². The van der Waals surface area contributed by atoms with Gasteiger partial charge in [0.05, 0.1) is 13.2 Å². The molecule has 1 aromatic carbocycles. The van der Waals surface area contributed by atoms with E-state index in [1.54, 1.807) is 0 Å². The summed E-state index contributed by atoms with van der Waals surface area (Å²) < 4.78 is 4.65. The second kappa shape index (κ2) is 5.53. The Hall–Kier alpha value is -2.63. The molecular formula is C17H18N2O4. The lowest BCUT2D eigenvalue weighted by Gasteiger charge is -2.33. The van der Waals surface area contributed by atoms with Gasteiger partial charge in [-0.15, -0.1) is 0 Å². The number of methoxy groups -OCH3 is 1. The minimum absolute atomic E-state index is 0.140. The van der Waals surface area contributed by atoms with Crippen molar-refractivity contribution in [2.24, 2.45) is 5.41 Å². The number of hydrogen-bond donors (Lipinski definition) is 2. The monoisotopic (exact) mass is 314 g/mol. The lowest BCUT2D eigenvalue weighted by molar-refractivity contribution is -0.163. The van der Waals surface area contributed by atoms with Crippen molar-refractivity contribution in [2.75, 3.05) is 7.11 Å². The van der Waals surface area contributed by atoms with Gasteiger partial charge in [-0.25, -0.2) is 0 Å². The van der Waals surface area contributed by atoms with Crippen molar-refractivity contribution in [3.63, 3.8) is 0 Å². The van der Waals surface area contributed by atoms with Gasteiger partial charge in [-0.1, -0.05) is 18.2 Å². The summed E-state index contributed by atoms with van der Waals surface area (Å²) in [6, 6.07) is 7.15. The Kier molecular flexibility index (Phi) is 3.67. The fraction of sp³-hybridized carbons (Fsp3) is 0.353. The van der Waals surface area contributed by atoms with Gasteiger partial charge in [0.2, 0.25) is 5.91 Å². The zero-order valence-corrected chi connectivity index (χ0v) is 13.0. The van der Waals surface area contributed by atoms with Crippen molar-refractivity contribution in [1.29, 1.82) is 0 Å². The van der Waals surface area contributed by atoms with Gasteiger partial charge in [0.1, 0.15) is 0 Å². The molecule has 6 nitrogen and oxygen atoms in total. The van der Waals surface area contributed by atoms with E-state index in [4.69, 9.17) is 0 Å². The molecule has 0 saturated carbocycles. The third-order valence-electron chi connectivity index (χ3n) is 4.46. The first kappa shape index (κ1) is 15.3. The highest BCUT2D eigenvalue weighted by Crippen LogP contribution is 2.30. The molecule has 2 N–H and O–H groups in total. The van der Waals surface area contributed by atoms with E-state index < -0.39 is 23.3 Å². The van der Waals surface area contributed by atoms with E-state index in [0.717, 1.165) is 16.5 Å². The van der Waals surface area contributed by atoms with Crippen molar-refractivity contribution >= 4 is 28.6 Å². The van der Waals surface area contributed by atoms with Crippen LogP contribution in [0.1, 0.15) is 18.9 Å². The predicted molar refractivity (Wildman–Crippen MR) is 83.7 cm³/mol. The molecule has 1 fully saturated rings. The molecule has 0 aliphatic carbocycles. The maximum absolute atomic E-state index is 12.4. The molecule has 2 heterocycles. The molecule has 1 amide bonds. The lowest BCUT2D eigenvalue weighted by atomic mass is 9.78. The molecule has 23 heavy (non-hydrogen) atoms. The fourth-order valence-corrected chi connectivity index (χ4v) is 3.03. The number of rotatable bonds is 3. The molecule has 0 spiro atoms. The lowest BCUT2D eigenvalue weighted by Crippen LogP contribution is -2.58. The Morgan fingerprint density at radius 3 is 2.83 bits per heavy atom. The number of piperidine rings is 1. The number of aromatic amines is 1. The third kappa shape index (κ3) is 2.50. The molecule has 3 rings (SSSR count). The van der Waals surface area contributed by atoms with E-state index in [9.17, 15) is 14.4 Å². The summed E-state index contributed by atoms with van der Waals surface area (Å²) in [6.07, 6.45) is 2.10. The normalized spacial score (nSPS) is 24.5. The van der Waals surface area contributed by atoms with E-state index in [1.807, 2.05) is 30.5 Å². The minimum Gasteiger partial charge on any atom is -0.468 e. The van der Waals surface area contributed by atoms with E-state index >= 15 is 0 Å². The molecule has 2 aromatic rings. The molecule has 0 bridgehead atoms. The number of amides is 1. The van der Waals surface area contributed by atoms with Crippen molar-refractivity contribution in [1.82, 2.24) is 10.3 Å². The summed E-state index contributed by atoms with van der Waals surface area (Å²) in [5.41, 5.74) is 0.500. The van der Waals surface area contributed by atoms with Crippen molar-refractivity contribution in [3.05, 3.63) is 36.0 Å². The number of benzene rings is 1. The highest BCUT2D eigenvalue weighted by Gasteiger charge is 2.49. The van der Waals surface area contributed by atoms with Crippen LogP contribution in [0.5, 0.6) is 0 Å². The zero-order valence-electron chi connectivity index (χ0n) is 13.0. The minimum atomic E-state index is -1.44. The predicted octanol–water partition coefficient (Wildman–Crippen LogP) is 1.35. The summed E-state index contributed by atoms with van der Waals surface area (Å²) in [5.74, 6) is -1.31. The number of carbonyl (C=O) groups is 3. The first-order chi connectivity index (χ1) is 11.0.